The lowest BCUT2D eigenvalue weighted by atomic mass is 9.92. The average Bonchev–Trinajstić information content (AvgIpc) is 2.83. The maximum atomic E-state index is 5.54. The van der Waals surface area contributed by atoms with Crippen molar-refractivity contribution in [3.05, 3.63) is 23.7 Å². The van der Waals surface area contributed by atoms with Crippen molar-refractivity contribution in [3.8, 4) is 0 Å². The molecular weight excluding hydrogens is 210 g/mol. The van der Waals surface area contributed by atoms with Crippen LogP contribution in [-0.2, 0) is 6.42 Å². The van der Waals surface area contributed by atoms with E-state index in [1.165, 1.54) is 49.8 Å². The number of furan rings is 1. The lowest BCUT2D eigenvalue weighted by molar-refractivity contribution is 0.351. The van der Waals surface area contributed by atoms with Gasteiger partial charge in [0.1, 0.15) is 5.76 Å². The highest BCUT2D eigenvalue weighted by Gasteiger charge is 2.23. The van der Waals surface area contributed by atoms with Crippen molar-refractivity contribution in [3.63, 3.8) is 0 Å². The first-order valence-corrected chi connectivity index (χ1v) is 7.17. The maximum absolute atomic E-state index is 5.54. The minimum absolute atomic E-state index is 0.527. The number of nitrogens with one attached hydrogen (secondary N) is 1. The predicted octanol–water partition coefficient (Wildman–Crippen LogP) is 4.22. The molecule has 96 valence electrons. The van der Waals surface area contributed by atoms with Gasteiger partial charge in [-0.3, -0.25) is 0 Å². The van der Waals surface area contributed by atoms with Crippen LogP contribution in [0.3, 0.4) is 0 Å². The van der Waals surface area contributed by atoms with Crippen LogP contribution in [0.2, 0.25) is 0 Å². The first-order valence-electron chi connectivity index (χ1n) is 7.17. The average molecular weight is 235 g/mol. The molecular formula is C15H25NO. The van der Waals surface area contributed by atoms with Gasteiger partial charge in [-0.15, -0.1) is 0 Å². The molecule has 1 heterocycles. The first-order chi connectivity index (χ1) is 8.35. The van der Waals surface area contributed by atoms with Crippen LogP contribution in [0.4, 0.5) is 0 Å². The molecule has 0 saturated carbocycles. The van der Waals surface area contributed by atoms with Gasteiger partial charge in [-0.25, -0.2) is 0 Å². The van der Waals surface area contributed by atoms with Crippen molar-refractivity contribution in [2.24, 2.45) is 0 Å². The zero-order valence-corrected chi connectivity index (χ0v) is 11.2. The second-order valence-corrected chi connectivity index (χ2v) is 5.16. The van der Waals surface area contributed by atoms with Gasteiger partial charge in [0, 0.05) is 24.1 Å². The van der Waals surface area contributed by atoms with Gasteiger partial charge in [0.05, 0.1) is 6.26 Å². The van der Waals surface area contributed by atoms with Crippen molar-refractivity contribution in [2.45, 2.75) is 70.9 Å². The normalized spacial score (nSPS) is 21.2. The smallest absolute Gasteiger partial charge is 0.108 e. The molecule has 17 heavy (non-hydrogen) atoms. The Morgan fingerprint density at radius 3 is 3.12 bits per heavy atom. The molecule has 0 saturated heterocycles. The second kappa shape index (κ2) is 6.25. The van der Waals surface area contributed by atoms with E-state index in [1.54, 1.807) is 0 Å². The molecule has 1 aliphatic rings. The summed E-state index contributed by atoms with van der Waals surface area (Å²) in [6.07, 6.45) is 10.6. The second-order valence-electron chi connectivity index (χ2n) is 5.16. The van der Waals surface area contributed by atoms with Gasteiger partial charge in [-0.05, 0) is 31.7 Å². The standard InChI is InChI=1S/C15H25NO/c1-3-5-7-12(4-2)16-14-8-6-9-15-13(14)10-11-17-15/h10-12,14,16H,3-9H2,1-2H3. The molecule has 0 spiro atoms. The monoisotopic (exact) mass is 235 g/mol. The van der Waals surface area contributed by atoms with E-state index in [9.17, 15) is 0 Å². The van der Waals surface area contributed by atoms with Gasteiger partial charge < -0.3 is 9.73 Å². The van der Waals surface area contributed by atoms with Crippen LogP contribution in [0.15, 0.2) is 16.7 Å². The Kier molecular flexibility index (Phi) is 4.66. The minimum atomic E-state index is 0.527. The summed E-state index contributed by atoms with van der Waals surface area (Å²) in [5.74, 6) is 1.21. The Morgan fingerprint density at radius 1 is 1.47 bits per heavy atom. The first kappa shape index (κ1) is 12.7. The fraction of sp³-hybridized carbons (Fsp3) is 0.733. The summed E-state index contributed by atoms with van der Waals surface area (Å²) in [4.78, 5) is 0. The van der Waals surface area contributed by atoms with Crippen LogP contribution in [-0.4, -0.2) is 6.04 Å². The van der Waals surface area contributed by atoms with Gasteiger partial charge in [0.2, 0.25) is 0 Å². The zero-order valence-electron chi connectivity index (χ0n) is 11.2. The Labute approximate surface area is 105 Å². The fourth-order valence-electron chi connectivity index (χ4n) is 2.80. The van der Waals surface area contributed by atoms with Crippen molar-refractivity contribution in [1.82, 2.24) is 5.32 Å². The van der Waals surface area contributed by atoms with E-state index < -0.39 is 0 Å². The van der Waals surface area contributed by atoms with Crippen LogP contribution in [0.5, 0.6) is 0 Å². The molecule has 2 rings (SSSR count). The number of aryl methyl sites for hydroxylation is 1. The third-order valence-electron chi connectivity index (χ3n) is 3.89. The van der Waals surface area contributed by atoms with Gasteiger partial charge in [0.25, 0.3) is 0 Å². The highest BCUT2D eigenvalue weighted by atomic mass is 16.3. The molecule has 2 unspecified atom stereocenters. The zero-order chi connectivity index (χ0) is 12.1. The van der Waals surface area contributed by atoms with Gasteiger partial charge >= 0.3 is 0 Å². The molecule has 2 nitrogen and oxygen atoms in total. The molecule has 0 aromatic carbocycles. The van der Waals surface area contributed by atoms with Crippen LogP contribution >= 0.6 is 0 Å². The summed E-state index contributed by atoms with van der Waals surface area (Å²) in [6, 6.07) is 3.35. The Morgan fingerprint density at radius 2 is 2.35 bits per heavy atom. The summed E-state index contributed by atoms with van der Waals surface area (Å²) in [5, 5.41) is 3.82. The summed E-state index contributed by atoms with van der Waals surface area (Å²) in [7, 11) is 0. The summed E-state index contributed by atoms with van der Waals surface area (Å²) >= 11 is 0. The van der Waals surface area contributed by atoms with E-state index in [-0.39, 0.29) is 0 Å². The molecule has 2 atom stereocenters. The van der Waals surface area contributed by atoms with Gasteiger partial charge in [-0.1, -0.05) is 26.7 Å². The highest BCUT2D eigenvalue weighted by Crippen LogP contribution is 2.31. The van der Waals surface area contributed by atoms with Crippen molar-refractivity contribution < 1.29 is 4.42 Å². The quantitative estimate of drug-likeness (QED) is 0.798. The predicted molar refractivity (Wildman–Crippen MR) is 71.1 cm³/mol. The third kappa shape index (κ3) is 3.12. The van der Waals surface area contributed by atoms with E-state index in [0.717, 1.165) is 6.42 Å². The summed E-state index contributed by atoms with van der Waals surface area (Å²) in [6.45, 7) is 4.55. The molecule has 2 heteroatoms. The Bertz CT molecular complexity index is 331. The molecule has 0 amide bonds. The van der Waals surface area contributed by atoms with E-state index in [4.69, 9.17) is 4.42 Å². The fourth-order valence-corrected chi connectivity index (χ4v) is 2.80. The van der Waals surface area contributed by atoms with Crippen LogP contribution in [0.25, 0.3) is 0 Å². The lowest BCUT2D eigenvalue weighted by Crippen LogP contribution is -2.33. The Balaban J connectivity index is 1.95. The molecule has 0 aliphatic heterocycles. The van der Waals surface area contributed by atoms with Crippen molar-refractivity contribution >= 4 is 0 Å². The number of hydrogen-bond donors (Lipinski definition) is 1. The van der Waals surface area contributed by atoms with E-state index >= 15 is 0 Å². The maximum Gasteiger partial charge on any atom is 0.108 e. The highest BCUT2D eigenvalue weighted by molar-refractivity contribution is 5.24. The van der Waals surface area contributed by atoms with E-state index in [1.807, 2.05) is 6.26 Å². The lowest BCUT2D eigenvalue weighted by Gasteiger charge is -2.27. The summed E-state index contributed by atoms with van der Waals surface area (Å²) < 4.78 is 5.54. The molecule has 0 radical (unpaired) electrons. The van der Waals surface area contributed by atoms with Crippen molar-refractivity contribution in [1.29, 1.82) is 0 Å². The SMILES string of the molecule is CCCCC(CC)NC1CCCc2occc21. The van der Waals surface area contributed by atoms with Crippen molar-refractivity contribution in [2.75, 3.05) is 0 Å². The van der Waals surface area contributed by atoms with Crippen LogP contribution < -0.4 is 5.32 Å². The molecule has 0 fully saturated rings. The van der Waals surface area contributed by atoms with E-state index in [0.29, 0.717) is 12.1 Å². The summed E-state index contributed by atoms with van der Waals surface area (Å²) in [5.41, 5.74) is 1.41. The van der Waals surface area contributed by atoms with Gasteiger partial charge in [-0.2, -0.15) is 0 Å². The molecule has 1 aliphatic carbocycles. The van der Waals surface area contributed by atoms with E-state index in [2.05, 4.69) is 25.2 Å². The van der Waals surface area contributed by atoms with Gasteiger partial charge in [0.15, 0.2) is 0 Å². The number of unbranched alkanes of at least 4 members (excludes halogenated alkanes) is 1. The molecule has 0 bridgehead atoms. The number of rotatable bonds is 6. The topological polar surface area (TPSA) is 25.2 Å². The molecule has 1 aromatic rings. The molecule has 1 N–H and O–H groups in total. The number of fused-ring (bicyclic) bond motifs is 1. The van der Waals surface area contributed by atoms with Crippen LogP contribution in [0.1, 0.15) is 69.7 Å². The Hall–Kier alpha value is -0.760. The largest absolute Gasteiger partial charge is 0.469 e. The third-order valence-corrected chi connectivity index (χ3v) is 3.89. The molecule has 1 aromatic heterocycles. The van der Waals surface area contributed by atoms with Crippen LogP contribution in [0, 0.1) is 0 Å². The minimum Gasteiger partial charge on any atom is -0.469 e. The number of hydrogen-bond acceptors (Lipinski definition) is 2.